The number of rotatable bonds is 11. The van der Waals surface area contributed by atoms with Crippen LogP contribution in [0.4, 0.5) is 4.79 Å². The largest absolute Gasteiger partial charge is 0.530 e. The van der Waals surface area contributed by atoms with Crippen LogP contribution in [0.1, 0.15) is 59.8 Å². The van der Waals surface area contributed by atoms with Crippen LogP contribution in [0, 0.1) is 0 Å². The van der Waals surface area contributed by atoms with E-state index in [0.717, 1.165) is 51.7 Å². The van der Waals surface area contributed by atoms with Crippen LogP contribution in [0.25, 0.3) is 0 Å². The second-order valence-electron chi connectivity index (χ2n) is 5.18. The smallest absolute Gasteiger partial charge is 0.137 e. The Morgan fingerprint density at radius 3 is 2.16 bits per heavy atom. The molecular formula is C15H31N2O2-. The fourth-order valence-electron chi connectivity index (χ4n) is 2.33. The van der Waals surface area contributed by atoms with Crippen molar-refractivity contribution in [2.75, 3.05) is 26.2 Å². The molecule has 19 heavy (non-hydrogen) atoms. The molecule has 4 nitrogen and oxygen atoms in total. The van der Waals surface area contributed by atoms with E-state index in [9.17, 15) is 9.90 Å². The standard InChI is InChI=1S/C15H32N2O2/c1-5-8-9-13-17(15(18)19)14(4)11-10-12-16(6-2)7-3/h14H,5-13H2,1-4H3,(H,18,19)/p-1. The van der Waals surface area contributed by atoms with Gasteiger partial charge in [-0.2, -0.15) is 0 Å². The van der Waals surface area contributed by atoms with Gasteiger partial charge in [0.25, 0.3) is 0 Å². The van der Waals surface area contributed by atoms with Crippen molar-refractivity contribution in [1.82, 2.24) is 9.80 Å². The fourth-order valence-corrected chi connectivity index (χ4v) is 2.33. The molecule has 0 aliphatic carbocycles. The maximum Gasteiger partial charge on any atom is 0.137 e. The summed E-state index contributed by atoms with van der Waals surface area (Å²) in [7, 11) is 0. The third kappa shape index (κ3) is 8.09. The van der Waals surface area contributed by atoms with Gasteiger partial charge >= 0.3 is 0 Å². The molecule has 0 saturated heterocycles. The van der Waals surface area contributed by atoms with Gasteiger partial charge in [-0.05, 0) is 45.8 Å². The molecule has 1 atom stereocenters. The van der Waals surface area contributed by atoms with E-state index in [4.69, 9.17) is 0 Å². The number of hydrogen-bond donors (Lipinski definition) is 0. The van der Waals surface area contributed by atoms with E-state index in [1.807, 2.05) is 6.92 Å². The molecule has 0 aliphatic rings. The highest BCUT2D eigenvalue weighted by molar-refractivity contribution is 5.62. The van der Waals surface area contributed by atoms with E-state index in [2.05, 4.69) is 25.7 Å². The Kier molecular flexibility index (Phi) is 10.6. The molecule has 0 aromatic carbocycles. The molecule has 0 heterocycles. The summed E-state index contributed by atoms with van der Waals surface area (Å²) in [6.45, 7) is 12.2. The van der Waals surface area contributed by atoms with Crippen molar-refractivity contribution in [1.29, 1.82) is 0 Å². The normalized spacial score (nSPS) is 12.7. The highest BCUT2D eigenvalue weighted by Crippen LogP contribution is 2.09. The van der Waals surface area contributed by atoms with Gasteiger partial charge in [0.2, 0.25) is 0 Å². The Morgan fingerprint density at radius 2 is 1.68 bits per heavy atom. The number of carboxylic acid groups (broad SMARTS) is 1. The van der Waals surface area contributed by atoms with Gasteiger partial charge in [0.15, 0.2) is 0 Å². The summed E-state index contributed by atoms with van der Waals surface area (Å²) in [5.41, 5.74) is 0. The number of unbranched alkanes of at least 4 members (excludes halogenated alkanes) is 2. The average Bonchev–Trinajstić information content (AvgIpc) is 2.39. The third-order valence-electron chi connectivity index (χ3n) is 3.76. The van der Waals surface area contributed by atoms with Crippen LogP contribution in [0.15, 0.2) is 0 Å². The Labute approximate surface area is 118 Å². The maximum atomic E-state index is 11.1. The first-order chi connectivity index (χ1) is 9.06. The van der Waals surface area contributed by atoms with Crippen LogP contribution in [-0.4, -0.2) is 48.1 Å². The average molecular weight is 271 g/mol. The first-order valence-electron chi connectivity index (χ1n) is 7.76. The Balaban J connectivity index is 4.03. The van der Waals surface area contributed by atoms with Gasteiger partial charge < -0.3 is 19.7 Å². The number of amides is 1. The lowest BCUT2D eigenvalue weighted by Gasteiger charge is -2.32. The summed E-state index contributed by atoms with van der Waals surface area (Å²) in [5, 5.41) is 11.1. The summed E-state index contributed by atoms with van der Waals surface area (Å²) in [5.74, 6) is 0. The van der Waals surface area contributed by atoms with Crippen molar-refractivity contribution in [2.45, 2.75) is 65.8 Å². The molecule has 0 fully saturated rings. The highest BCUT2D eigenvalue weighted by atomic mass is 16.4. The van der Waals surface area contributed by atoms with Gasteiger partial charge in [0.05, 0.1) is 0 Å². The summed E-state index contributed by atoms with van der Waals surface area (Å²) in [6.07, 6.45) is 4.06. The molecule has 0 bridgehead atoms. The third-order valence-corrected chi connectivity index (χ3v) is 3.76. The van der Waals surface area contributed by atoms with Crippen molar-refractivity contribution in [3.63, 3.8) is 0 Å². The number of nitrogens with zero attached hydrogens (tertiary/aromatic N) is 2. The molecule has 0 N–H and O–H groups in total. The quantitative estimate of drug-likeness (QED) is 0.542. The number of carbonyl (C=O) groups excluding carboxylic acids is 1. The molecule has 0 saturated carbocycles. The molecule has 0 rings (SSSR count). The Bertz CT molecular complexity index is 230. The molecule has 0 aromatic heterocycles. The van der Waals surface area contributed by atoms with Crippen LogP contribution in [0.5, 0.6) is 0 Å². The second-order valence-corrected chi connectivity index (χ2v) is 5.18. The van der Waals surface area contributed by atoms with E-state index >= 15 is 0 Å². The lowest BCUT2D eigenvalue weighted by atomic mass is 10.1. The first kappa shape index (κ1) is 18.2. The van der Waals surface area contributed by atoms with E-state index in [1.54, 1.807) is 0 Å². The molecule has 0 aliphatic heterocycles. The van der Waals surface area contributed by atoms with Crippen LogP contribution < -0.4 is 5.11 Å². The van der Waals surface area contributed by atoms with Crippen LogP contribution in [0.3, 0.4) is 0 Å². The Morgan fingerprint density at radius 1 is 1.05 bits per heavy atom. The van der Waals surface area contributed by atoms with Gasteiger partial charge in [-0.15, -0.1) is 0 Å². The van der Waals surface area contributed by atoms with E-state index in [0.29, 0.717) is 6.54 Å². The minimum absolute atomic E-state index is 0.0671. The number of hydrogen-bond acceptors (Lipinski definition) is 3. The zero-order valence-electron chi connectivity index (χ0n) is 13.2. The summed E-state index contributed by atoms with van der Waals surface area (Å²) in [6, 6.07) is 0.0671. The lowest BCUT2D eigenvalue weighted by Crippen LogP contribution is -2.47. The molecule has 0 spiro atoms. The molecule has 1 unspecified atom stereocenters. The lowest BCUT2D eigenvalue weighted by molar-refractivity contribution is -0.268. The van der Waals surface area contributed by atoms with Gasteiger partial charge in [-0.1, -0.05) is 33.6 Å². The van der Waals surface area contributed by atoms with Crippen molar-refractivity contribution < 1.29 is 9.90 Å². The van der Waals surface area contributed by atoms with E-state index in [1.165, 1.54) is 4.90 Å². The minimum atomic E-state index is -1.02. The second kappa shape index (κ2) is 11.1. The SMILES string of the molecule is CCCCCN(C(=O)[O-])C(C)CCCN(CC)CC. The summed E-state index contributed by atoms with van der Waals surface area (Å²) in [4.78, 5) is 15.0. The maximum absolute atomic E-state index is 11.1. The fraction of sp³-hybridized carbons (Fsp3) is 0.933. The van der Waals surface area contributed by atoms with Gasteiger partial charge in [0.1, 0.15) is 6.09 Å². The van der Waals surface area contributed by atoms with Gasteiger partial charge in [0, 0.05) is 12.6 Å². The molecule has 4 heteroatoms. The van der Waals surface area contributed by atoms with Gasteiger partial charge in [-0.25, -0.2) is 0 Å². The van der Waals surface area contributed by atoms with Crippen molar-refractivity contribution in [3.05, 3.63) is 0 Å². The zero-order chi connectivity index (χ0) is 14.7. The molecule has 114 valence electrons. The van der Waals surface area contributed by atoms with E-state index < -0.39 is 6.09 Å². The monoisotopic (exact) mass is 271 g/mol. The van der Waals surface area contributed by atoms with Gasteiger partial charge in [-0.3, -0.25) is 0 Å². The van der Waals surface area contributed by atoms with Crippen molar-refractivity contribution in [3.8, 4) is 0 Å². The predicted molar refractivity (Wildman–Crippen MR) is 78.1 cm³/mol. The zero-order valence-corrected chi connectivity index (χ0v) is 13.2. The molecule has 1 amide bonds. The summed E-state index contributed by atoms with van der Waals surface area (Å²) >= 11 is 0. The molecule has 0 aromatic rings. The predicted octanol–water partition coefficient (Wildman–Crippen LogP) is 2.33. The topological polar surface area (TPSA) is 46.6 Å². The molecular weight excluding hydrogens is 240 g/mol. The number of carbonyl (C=O) groups is 1. The summed E-state index contributed by atoms with van der Waals surface area (Å²) < 4.78 is 0. The van der Waals surface area contributed by atoms with Crippen LogP contribution in [-0.2, 0) is 0 Å². The highest BCUT2D eigenvalue weighted by Gasteiger charge is 2.13. The molecule has 0 radical (unpaired) electrons. The Hall–Kier alpha value is -0.770. The van der Waals surface area contributed by atoms with Crippen LogP contribution in [0.2, 0.25) is 0 Å². The minimum Gasteiger partial charge on any atom is -0.530 e. The van der Waals surface area contributed by atoms with Crippen LogP contribution >= 0.6 is 0 Å². The first-order valence-corrected chi connectivity index (χ1v) is 7.76. The van der Waals surface area contributed by atoms with Crippen molar-refractivity contribution in [2.24, 2.45) is 0 Å². The van der Waals surface area contributed by atoms with Crippen molar-refractivity contribution >= 4 is 6.09 Å². The van der Waals surface area contributed by atoms with E-state index in [-0.39, 0.29) is 6.04 Å².